The van der Waals surface area contributed by atoms with E-state index >= 15 is 0 Å². The highest BCUT2D eigenvalue weighted by molar-refractivity contribution is 6.10. The van der Waals surface area contributed by atoms with E-state index < -0.39 is 11.4 Å². The zero-order valence-corrected chi connectivity index (χ0v) is 13.2. The number of hydrogen-bond donors (Lipinski definition) is 1. The Kier molecular flexibility index (Phi) is 2.71. The molecule has 0 spiro atoms. The molecule has 0 atom stereocenters. The van der Waals surface area contributed by atoms with Crippen molar-refractivity contribution in [1.29, 1.82) is 0 Å². The van der Waals surface area contributed by atoms with Crippen LogP contribution in [0.3, 0.4) is 0 Å². The predicted octanol–water partition coefficient (Wildman–Crippen LogP) is 4.69. The number of allylic oxidation sites excluding steroid dienone is 1. The van der Waals surface area contributed by atoms with Crippen LogP contribution in [0.4, 0.5) is 10.1 Å². The largest absolute Gasteiger partial charge is 0.419 e. The van der Waals surface area contributed by atoms with Crippen molar-refractivity contribution in [2.75, 3.05) is 5.32 Å². The first-order valence-electron chi connectivity index (χ1n) is 7.53. The van der Waals surface area contributed by atoms with E-state index in [1.165, 1.54) is 6.07 Å². The Labute approximate surface area is 132 Å². The first-order chi connectivity index (χ1) is 10.9. The molecule has 1 aliphatic heterocycles. The van der Waals surface area contributed by atoms with Crippen LogP contribution in [-0.2, 0) is 0 Å². The number of fused-ring (bicyclic) bond motifs is 5. The summed E-state index contributed by atoms with van der Waals surface area (Å²) in [7, 11) is 0. The van der Waals surface area contributed by atoms with E-state index in [0.29, 0.717) is 16.2 Å². The molecule has 116 valence electrons. The highest BCUT2D eigenvalue weighted by atomic mass is 19.1. The molecule has 3 nitrogen and oxygen atoms in total. The van der Waals surface area contributed by atoms with E-state index in [4.69, 9.17) is 4.42 Å². The summed E-state index contributed by atoms with van der Waals surface area (Å²) in [5.41, 5.74) is 2.05. The van der Waals surface area contributed by atoms with E-state index in [1.807, 2.05) is 19.1 Å². The molecular formula is C19H16FNO2. The summed E-state index contributed by atoms with van der Waals surface area (Å²) in [6.07, 6.45) is 2.09. The predicted molar refractivity (Wildman–Crippen MR) is 91.3 cm³/mol. The molecule has 1 aliphatic rings. The molecule has 0 aliphatic carbocycles. The smallest absolute Gasteiger partial charge is 0.344 e. The van der Waals surface area contributed by atoms with Crippen molar-refractivity contribution in [2.24, 2.45) is 0 Å². The molecule has 1 aromatic heterocycles. The van der Waals surface area contributed by atoms with Crippen molar-refractivity contribution in [3.05, 3.63) is 58.2 Å². The maximum atomic E-state index is 14.0. The molecule has 0 unspecified atom stereocenters. The van der Waals surface area contributed by atoms with Gasteiger partial charge in [-0.25, -0.2) is 9.18 Å². The number of benzene rings is 2. The number of anilines is 1. The Bertz CT molecular complexity index is 1060. The van der Waals surface area contributed by atoms with Crippen LogP contribution in [0.5, 0.6) is 0 Å². The normalized spacial score (nSPS) is 16.1. The van der Waals surface area contributed by atoms with Crippen LogP contribution >= 0.6 is 0 Å². The molecule has 0 radical (unpaired) electrons. The average Bonchev–Trinajstić information content (AvgIpc) is 2.46. The Morgan fingerprint density at radius 1 is 1.13 bits per heavy atom. The van der Waals surface area contributed by atoms with E-state index in [0.717, 1.165) is 16.8 Å². The number of hydrogen-bond acceptors (Lipinski definition) is 3. The summed E-state index contributed by atoms with van der Waals surface area (Å²) in [6.45, 7) is 6.12. The maximum Gasteiger partial charge on any atom is 0.344 e. The third-order valence-corrected chi connectivity index (χ3v) is 4.29. The minimum Gasteiger partial charge on any atom is -0.419 e. The lowest BCUT2D eigenvalue weighted by Crippen LogP contribution is -2.31. The Balaban J connectivity index is 2.21. The molecule has 0 fully saturated rings. The van der Waals surface area contributed by atoms with E-state index in [2.05, 4.69) is 25.2 Å². The first-order valence-corrected chi connectivity index (χ1v) is 7.53. The Morgan fingerprint density at radius 3 is 2.70 bits per heavy atom. The Morgan fingerprint density at radius 2 is 1.91 bits per heavy atom. The van der Waals surface area contributed by atoms with Crippen LogP contribution in [0, 0.1) is 5.82 Å². The van der Waals surface area contributed by atoms with Gasteiger partial charge in [-0.2, -0.15) is 0 Å². The maximum absolute atomic E-state index is 14.0. The summed E-state index contributed by atoms with van der Waals surface area (Å²) < 4.78 is 19.2. The molecule has 0 amide bonds. The van der Waals surface area contributed by atoms with Gasteiger partial charge in [0.05, 0.1) is 10.9 Å². The fourth-order valence-corrected chi connectivity index (χ4v) is 3.52. The van der Waals surface area contributed by atoms with Gasteiger partial charge in [-0.3, -0.25) is 0 Å². The summed E-state index contributed by atoms with van der Waals surface area (Å²) in [5.74, 6) is -0.522. The van der Waals surface area contributed by atoms with Crippen molar-refractivity contribution < 1.29 is 8.81 Å². The molecule has 0 saturated carbocycles. The van der Waals surface area contributed by atoms with Gasteiger partial charge in [0.2, 0.25) is 0 Å². The van der Waals surface area contributed by atoms with Crippen molar-refractivity contribution in [1.82, 2.24) is 0 Å². The lowest BCUT2D eigenvalue weighted by Gasteiger charge is -2.31. The van der Waals surface area contributed by atoms with Gasteiger partial charge >= 0.3 is 5.63 Å². The zero-order valence-electron chi connectivity index (χ0n) is 13.2. The number of nitrogens with one attached hydrogen (secondary N) is 1. The monoisotopic (exact) mass is 309 g/mol. The second-order valence-corrected chi connectivity index (χ2v) is 6.59. The highest BCUT2D eigenvalue weighted by Gasteiger charge is 2.26. The fraction of sp³-hybridized carbons (Fsp3) is 0.211. The molecular weight excluding hydrogens is 293 g/mol. The summed E-state index contributed by atoms with van der Waals surface area (Å²) in [4.78, 5) is 12.5. The van der Waals surface area contributed by atoms with Crippen LogP contribution in [0.1, 0.15) is 26.3 Å². The molecule has 4 rings (SSSR count). The quantitative estimate of drug-likeness (QED) is 0.484. The van der Waals surface area contributed by atoms with E-state index in [1.54, 1.807) is 12.1 Å². The molecule has 1 N–H and O–H groups in total. The SMILES string of the molecule is CC1=CC(C)(C)Nc2ccc3c(c21)c(=O)oc1c(F)cccc13. The van der Waals surface area contributed by atoms with Gasteiger partial charge in [0.1, 0.15) is 0 Å². The van der Waals surface area contributed by atoms with Gasteiger partial charge in [-0.1, -0.05) is 24.3 Å². The van der Waals surface area contributed by atoms with Gasteiger partial charge in [-0.15, -0.1) is 0 Å². The molecule has 2 aromatic carbocycles. The van der Waals surface area contributed by atoms with Crippen LogP contribution in [0.25, 0.3) is 27.3 Å². The van der Waals surface area contributed by atoms with Gasteiger partial charge < -0.3 is 9.73 Å². The third kappa shape index (κ3) is 1.98. The lowest BCUT2D eigenvalue weighted by molar-refractivity contribution is 0.530. The van der Waals surface area contributed by atoms with Crippen LogP contribution < -0.4 is 10.9 Å². The molecule has 23 heavy (non-hydrogen) atoms. The van der Waals surface area contributed by atoms with Gasteiger partial charge in [0.15, 0.2) is 11.4 Å². The van der Waals surface area contributed by atoms with Crippen molar-refractivity contribution in [3.8, 4) is 0 Å². The molecule has 2 heterocycles. The van der Waals surface area contributed by atoms with Crippen molar-refractivity contribution in [2.45, 2.75) is 26.3 Å². The molecule has 0 bridgehead atoms. The van der Waals surface area contributed by atoms with E-state index in [-0.39, 0.29) is 11.1 Å². The lowest BCUT2D eigenvalue weighted by atomic mass is 9.88. The van der Waals surface area contributed by atoms with Crippen molar-refractivity contribution >= 4 is 33.0 Å². The van der Waals surface area contributed by atoms with Crippen molar-refractivity contribution in [3.63, 3.8) is 0 Å². The van der Waals surface area contributed by atoms with Crippen LogP contribution in [0.15, 0.2) is 45.6 Å². The molecule has 0 saturated heterocycles. The second kappa shape index (κ2) is 4.44. The summed E-state index contributed by atoms with van der Waals surface area (Å²) >= 11 is 0. The number of rotatable bonds is 0. The average molecular weight is 309 g/mol. The first kappa shape index (κ1) is 14.0. The van der Waals surface area contributed by atoms with E-state index in [9.17, 15) is 9.18 Å². The Hall–Kier alpha value is -2.62. The van der Waals surface area contributed by atoms with Gasteiger partial charge in [-0.05, 0) is 38.5 Å². The van der Waals surface area contributed by atoms with Crippen LogP contribution in [-0.4, -0.2) is 5.54 Å². The molecule has 4 heteroatoms. The number of para-hydroxylation sites is 1. The second-order valence-electron chi connectivity index (χ2n) is 6.59. The van der Waals surface area contributed by atoms with Gasteiger partial charge in [0, 0.05) is 22.0 Å². The zero-order chi connectivity index (χ0) is 16.4. The summed E-state index contributed by atoms with van der Waals surface area (Å²) in [5, 5.41) is 5.23. The summed E-state index contributed by atoms with van der Waals surface area (Å²) in [6, 6.07) is 8.49. The standard InChI is InChI=1S/C19H16FNO2/c1-10-9-19(2,3)21-14-8-7-11-12-5-4-6-13(20)17(12)23-18(22)16(11)15(10)14/h4-9,21H,1-3H3. The minimum absolute atomic E-state index is 0.00989. The fourth-order valence-electron chi connectivity index (χ4n) is 3.52. The van der Waals surface area contributed by atoms with Gasteiger partial charge in [0.25, 0.3) is 0 Å². The topological polar surface area (TPSA) is 42.2 Å². The minimum atomic E-state index is -0.522. The molecule has 3 aromatic rings. The highest BCUT2D eigenvalue weighted by Crippen LogP contribution is 2.39. The third-order valence-electron chi connectivity index (χ3n) is 4.29. The number of halogens is 1. The van der Waals surface area contributed by atoms with Crippen LogP contribution in [0.2, 0.25) is 0 Å².